The van der Waals surface area contributed by atoms with E-state index in [1.165, 1.54) is 0 Å². The summed E-state index contributed by atoms with van der Waals surface area (Å²) in [7, 11) is 0. The van der Waals surface area contributed by atoms with Crippen molar-refractivity contribution in [3.8, 4) is 11.5 Å². The summed E-state index contributed by atoms with van der Waals surface area (Å²) in [6.07, 6.45) is -1.29. The van der Waals surface area contributed by atoms with E-state index in [-0.39, 0.29) is 6.61 Å². The smallest absolute Gasteiger partial charge is 0.351 e. The van der Waals surface area contributed by atoms with Gasteiger partial charge in [0, 0.05) is 0 Å². The summed E-state index contributed by atoms with van der Waals surface area (Å²) in [5.74, 6) is 0.744. The third kappa shape index (κ3) is 3.40. The quantitative estimate of drug-likeness (QED) is 0.666. The van der Waals surface area contributed by atoms with Crippen molar-refractivity contribution in [2.24, 2.45) is 0 Å². The fourth-order valence-electron chi connectivity index (χ4n) is 2.91. The van der Waals surface area contributed by atoms with Crippen LogP contribution in [0, 0.1) is 0 Å². The Balaban J connectivity index is 1.56. The van der Waals surface area contributed by atoms with Crippen molar-refractivity contribution in [2.45, 2.75) is 12.2 Å². The highest BCUT2D eigenvalue weighted by Gasteiger charge is 2.31. The topological polar surface area (TPSA) is 44.8 Å². The molecule has 1 atom stereocenters. The number of carbonyl (C=O) groups excluding carboxylic acids is 1. The normalized spacial score (nSPS) is 15.5. The third-order valence-electron chi connectivity index (χ3n) is 4.21. The molecule has 0 unspecified atom stereocenters. The summed E-state index contributed by atoms with van der Waals surface area (Å²) in [5.41, 5.74) is 1.81. The first-order chi connectivity index (χ1) is 12.8. The summed E-state index contributed by atoms with van der Waals surface area (Å²) >= 11 is 0. The minimum Gasteiger partial charge on any atom is -0.485 e. The van der Waals surface area contributed by atoms with E-state index in [9.17, 15) is 4.79 Å². The van der Waals surface area contributed by atoms with Crippen LogP contribution in [0.3, 0.4) is 0 Å². The van der Waals surface area contributed by atoms with Crippen LogP contribution in [0.1, 0.15) is 17.2 Å². The second-order valence-electron chi connectivity index (χ2n) is 6.00. The first-order valence-electron chi connectivity index (χ1n) is 8.50. The monoisotopic (exact) mass is 346 g/mol. The molecule has 0 aliphatic carbocycles. The van der Waals surface area contributed by atoms with Gasteiger partial charge in [-0.1, -0.05) is 72.8 Å². The van der Waals surface area contributed by atoms with Gasteiger partial charge in [0.1, 0.15) is 6.61 Å². The number of benzene rings is 3. The van der Waals surface area contributed by atoms with Gasteiger partial charge >= 0.3 is 5.97 Å². The zero-order valence-corrected chi connectivity index (χ0v) is 14.1. The molecular weight excluding hydrogens is 328 g/mol. The molecule has 0 saturated carbocycles. The third-order valence-corrected chi connectivity index (χ3v) is 4.21. The Morgan fingerprint density at radius 3 is 1.96 bits per heavy atom. The number of esters is 1. The van der Waals surface area contributed by atoms with Crippen molar-refractivity contribution in [3.63, 3.8) is 0 Å². The zero-order chi connectivity index (χ0) is 17.8. The predicted molar refractivity (Wildman–Crippen MR) is 97.2 cm³/mol. The van der Waals surface area contributed by atoms with Gasteiger partial charge in [-0.05, 0) is 23.3 Å². The van der Waals surface area contributed by atoms with Crippen molar-refractivity contribution >= 4 is 5.97 Å². The summed E-state index contributed by atoms with van der Waals surface area (Å²) in [6, 6.07) is 26.6. The molecule has 0 radical (unpaired) electrons. The van der Waals surface area contributed by atoms with Crippen LogP contribution >= 0.6 is 0 Å². The largest absolute Gasteiger partial charge is 0.485 e. The van der Waals surface area contributed by atoms with Crippen LogP contribution in [0.15, 0.2) is 84.9 Å². The molecule has 0 bridgehead atoms. The Morgan fingerprint density at radius 1 is 0.808 bits per heavy atom. The van der Waals surface area contributed by atoms with Crippen LogP contribution in [0.2, 0.25) is 0 Å². The van der Waals surface area contributed by atoms with Crippen molar-refractivity contribution in [2.75, 3.05) is 6.61 Å². The lowest BCUT2D eigenvalue weighted by Gasteiger charge is -2.27. The molecule has 1 aliphatic rings. The number of rotatable bonds is 4. The van der Waals surface area contributed by atoms with Gasteiger partial charge in [0.2, 0.25) is 6.10 Å². The molecule has 0 saturated heterocycles. The van der Waals surface area contributed by atoms with Crippen LogP contribution in [-0.4, -0.2) is 18.7 Å². The van der Waals surface area contributed by atoms with Gasteiger partial charge in [0.05, 0.1) is 0 Å². The number of ether oxygens (including phenoxy) is 3. The van der Waals surface area contributed by atoms with E-state index in [2.05, 4.69) is 0 Å². The molecule has 3 aromatic rings. The summed E-state index contributed by atoms with van der Waals surface area (Å²) < 4.78 is 17.2. The number of hydrogen-bond donors (Lipinski definition) is 0. The van der Waals surface area contributed by atoms with Gasteiger partial charge in [0.15, 0.2) is 17.6 Å². The van der Waals surface area contributed by atoms with Crippen LogP contribution in [0.25, 0.3) is 0 Å². The summed E-state index contributed by atoms with van der Waals surface area (Å²) in [4.78, 5) is 12.7. The maximum atomic E-state index is 12.7. The lowest BCUT2D eigenvalue weighted by atomic mass is 10.0. The fourth-order valence-corrected chi connectivity index (χ4v) is 2.91. The minimum atomic E-state index is -0.792. The van der Waals surface area contributed by atoms with E-state index in [4.69, 9.17) is 14.2 Å². The highest BCUT2D eigenvalue weighted by Crippen LogP contribution is 2.32. The van der Waals surface area contributed by atoms with Gasteiger partial charge in [-0.25, -0.2) is 4.79 Å². The molecule has 0 amide bonds. The summed E-state index contributed by atoms with van der Waals surface area (Å²) in [5, 5.41) is 0. The molecule has 0 fully saturated rings. The van der Waals surface area contributed by atoms with E-state index in [1.807, 2.05) is 78.9 Å². The molecule has 130 valence electrons. The fraction of sp³-hybridized carbons (Fsp3) is 0.136. The second-order valence-corrected chi connectivity index (χ2v) is 6.00. The standard InChI is InChI=1S/C22H18O4/c23-22(20-15-24-18-13-7-8-14-19(18)25-20)26-21(16-9-3-1-4-10-16)17-11-5-2-6-12-17/h1-14,20-21H,15H2/t20-/m1/s1. The Labute approximate surface area is 152 Å². The van der Waals surface area contributed by atoms with Crippen LogP contribution in [0.5, 0.6) is 11.5 Å². The van der Waals surface area contributed by atoms with Crippen molar-refractivity contribution in [1.29, 1.82) is 0 Å². The molecule has 26 heavy (non-hydrogen) atoms. The van der Waals surface area contributed by atoms with Crippen molar-refractivity contribution < 1.29 is 19.0 Å². The number of hydrogen-bond acceptors (Lipinski definition) is 4. The second kappa shape index (κ2) is 7.31. The lowest BCUT2D eigenvalue weighted by Crippen LogP contribution is -2.38. The van der Waals surface area contributed by atoms with Crippen LogP contribution in [-0.2, 0) is 9.53 Å². The first-order valence-corrected chi connectivity index (χ1v) is 8.50. The van der Waals surface area contributed by atoms with Gasteiger partial charge in [-0.2, -0.15) is 0 Å². The number of fused-ring (bicyclic) bond motifs is 1. The van der Waals surface area contributed by atoms with E-state index in [0.717, 1.165) is 11.1 Å². The lowest BCUT2D eigenvalue weighted by molar-refractivity contribution is -0.158. The van der Waals surface area contributed by atoms with Crippen molar-refractivity contribution in [3.05, 3.63) is 96.1 Å². The Kier molecular flexibility index (Phi) is 4.56. The molecule has 4 nitrogen and oxygen atoms in total. The molecule has 0 aromatic heterocycles. The van der Waals surface area contributed by atoms with Crippen LogP contribution < -0.4 is 9.47 Å². The van der Waals surface area contributed by atoms with E-state index in [1.54, 1.807) is 6.07 Å². The highest BCUT2D eigenvalue weighted by atomic mass is 16.6. The zero-order valence-electron chi connectivity index (χ0n) is 14.1. The Bertz CT molecular complexity index is 837. The minimum absolute atomic E-state index is 0.131. The molecule has 1 heterocycles. The van der Waals surface area contributed by atoms with Gasteiger partial charge < -0.3 is 14.2 Å². The molecular formula is C22H18O4. The van der Waals surface area contributed by atoms with Crippen molar-refractivity contribution in [1.82, 2.24) is 0 Å². The average molecular weight is 346 g/mol. The number of carbonyl (C=O) groups is 1. The highest BCUT2D eigenvalue weighted by molar-refractivity contribution is 5.76. The maximum Gasteiger partial charge on any atom is 0.351 e. The Morgan fingerprint density at radius 2 is 1.35 bits per heavy atom. The van der Waals surface area contributed by atoms with E-state index >= 15 is 0 Å². The van der Waals surface area contributed by atoms with Crippen LogP contribution in [0.4, 0.5) is 0 Å². The van der Waals surface area contributed by atoms with E-state index < -0.39 is 18.2 Å². The van der Waals surface area contributed by atoms with Gasteiger partial charge in [0.25, 0.3) is 0 Å². The SMILES string of the molecule is O=C(OC(c1ccccc1)c1ccccc1)[C@H]1COc2ccccc2O1. The van der Waals surface area contributed by atoms with Gasteiger partial charge in [-0.15, -0.1) is 0 Å². The molecule has 0 N–H and O–H groups in total. The molecule has 1 aliphatic heterocycles. The Hall–Kier alpha value is -3.27. The predicted octanol–water partition coefficient (Wildman–Crippen LogP) is 4.16. The van der Waals surface area contributed by atoms with Gasteiger partial charge in [-0.3, -0.25) is 0 Å². The summed E-state index contributed by atoms with van der Waals surface area (Å²) in [6.45, 7) is 0.131. The molecule has 3 aromatic carbocycles. The van der Waals surface area contributed by atoms with E-state index in [0.29, 0.717) is 11.5 Å². The number of para-hydroxylation sites is 2. The first kappa shape index (κ1) is 16.2. The molecule has 4 rings (SSSR count). The average Bonchev–Trinajstić information content (AvgIpc) is 2.72. The molecule has 4 heteroatoms. The molecule has 0 spiro atoms. The maximum absolute atomic E-state index is 12.7.